The Balaban J connectivity index is 1.82. The van der Waals surface area contributed by atoms with Crippen molar-refractivity contribution in [3.63, 3.8) is 0 Å². The van der Waals surface area contributed by atoms with Gasteiger partial charge in [0.15, 0.2) is 0 Å². The van der Waals surface area contributed by atoms with E-state index in [4.69, 9.17) is 9.47 Å². The molecule has 1 saturated carbocycles. The van der Waals surface area contributed by atoms with E-state index in [0.29, 0.717) is 5.92 Å². The Morgan fingerprint density at radius 1 is 1.23 bits per heavy atom. The van der Waals surface area contributed by atoms with Gasteiger partial charge in [-0.2, -0.15) is 5.26 Å². The van der Waals surface area contributed by atoms with Crippen molar-refractivity contribution in [3.8, 4) is 6.07 Å². The number of likely N-dealkylation sites (tertiary alicyclic amines) is 1. The van der Waals surface area contributed by atoms with Crippen molar-refractivity contribution in [1.82, 2.24) is 10.2 Å². The molecule has 0 aromatic heterocycles. The van der Waals surface area contributed by atoms with E-state index in [1.165, 1.54) is 11.3 Å². The van der Waals surface area contributed by atoms with Gasteiger partial charge < -0.3 is 19.7 Å². The summed E-state index contributed by atoms with van der Waals surface area (Å²) < 4.78 is 11.1. The molecule has 2 aliphatic rings. The molecule has 1 aliphatic heterocycles. The van der Waals surface area contributed by atoms with Gasteiger partial charge in [-0.1, -0.05) is 19.8 Å². The third-order valence-electron chi connectivity index (χ3n) is 4.95. The number of carbonyl (C=O) groups excluding carboxylic acids is 2. The summed E-state index contributed by atoms with van der Waals surface area (Å²) in [6, 6.07) is 1.78. The first kappa shape index (κ1) is 20.5. The minimum atomic E-state index is -0.592. The minimum absolute atomic E-state index is 0.00388. The summed E-state index contributed by atoms with van der Waals surface area (Å²) in [6.45, 7) is 8.08. The van der Waals surface area contributed by atoms with Gasteiger partial charge in [-0.15, -0.1) is 0 Å². The molecule has 7 nitrogen and oxygen atoms in total. The van der Waals surface area contributed by atoms with Gasteiger partial charge in [-0.25, -0.2) is 4.79 Å². The van der Waals surface area contributed by atoms with E-state index in [1.807, 2.05) is 0 Å². The van der Waals surface area contributed by atoms with Crippen LogP contribution in [-0.2, 0) is 14.3 Å². The summed E-state index contributed by atoms with van der Waals surface area (Å²) in [4.78, 5) is 25.9. The van der Waals surface area contributed by atoms with Crippen LogP contribution < -0.4 is 5.32 Å². The largest absolute Gasteiger partial charge is 0.444 e. The zero-order chi connectivity index (χ0) is 19.3. The average molecular weight is 365 g/mol. The molecule has 1 heterocycles. The van der Waals surface area contributed by atoms with Gasteiger partial charge in [-0.05, 0) is 39.5 Å². The summed E-state index contributed by atoms with van der Waals surface area (Å²) in [5.74, 6) is -0.211. The first-order chi connectivity index (χ1) is 12.2. The molecule has 0 unspecified atom stereocenters. The number of rotatable bonds is 4. The number of amides is 2. The number of nitriles is 1. The molecule has 26 heavy (non-hydrogen) atoms. The fraction of sp³-hybridized carbons (Fsp3) is 0.842. The summed E-state index contributed by atoms with van der Waals surface area (Å²) >= 11 is 0. The molecule has 0 radical (unpaired) electrons. The summed E-state index contributed by atoms with van der Waals surface area (Å²) in [5.41, 5.74) is -0.592. The summed E-state index contributed by atoms with van der Waals surface area (Å²) in [6.07, 6.45) is 4.16. The maximum atomic E-state index is 12.2. The van der Waals surface area contributed by atoms with Gasteiger partial charge in [0.05, 0.1) is 24.1 Å². The third kappa shape index (κ3) is 5.87. The predicted molar refractivity (Wildman–Crippen MR) is 96.2 cm³/mol. The predicted octanol–water partition coefficient (Wildman–Crippen LogP) is 2.46. The van der Waals surface area contributed by atoms with E-state index in [1.54, 1.807) is 20.8 Å². The smallest absolute Gasteiger partial charge is 0.410 e. The highest BCUT2D eigenvalue weighted by atomic mass is 16.6. The highest BCUT2D eigenvalue weighted by Crippen LogP contribution is 2.26. The van der Waals surface area contributed by atoms with Crippen LogP contribution in [0.2, 0.25) is 0 Å². The number of hydrogen-bond donors (Lipinski definition) is 1. The van der Waals surface area contributed by atoms with Gasteiger partial charge in [0.1, 0.15) is 12.2 Å². The van der Waals surface area contributed by atoms with Crippen molar-refractivity contribution < 1.29 is 19.1 Å². The van der Waals surface area contributed by atoms with Crippen LogP contribution in [0.25, 0.3) is 0 Å². The Kier molecular flexibility index (Phi) is 6.87. The lowest BCUT2D eigenvalue weighted by Crippen LogP contribution is -2.43. The second kappa shape index (κ2) is 8.72. The highest BCUT2D eigenvalue weighted by Gasteiger charge is 2.38. The van der Waals surface area contributed by atoms with Crippen LogP contribution in [0.5, 0.6) is 0 Å². The van der Waals surface area contributed by atoms with E-state index in [-0.39, 0.29) is 31.7 Å². The van der Waals surface area contributed by atoms with Crippen LogP contribution in [0.4, 0.5) is 4.79 Å². The fourth-order valence-electron chi connectivity index (χ4n) is 3.52. The number of carbonyl (C=O) groups is 2. The van der Waals surface area contributed by atoms with Crippen LogP contribution >= 0.6 is 0 Å². The van der Waals surface area contributed by atoms with E-state index >= 15 is 0 Å². The van der Waals surface area contributed by atoms with Crippen molar-refractivity contribution in [2.24, 2.45) is 11.8 Å². The van der Waals surface area contributed by atoms with E-state index in [2.05, 4.69) is 18.3 Å². The molecule has 2 fully saturated rings. The average Bonchev–Trinajstić information content (AvgIpc) is 2.95. The van der Waals surface area contributed by atoms with Crippen molar-refractivity contribution in [1.29, 1.82) is 5.26 Å². The van der Waals surface area contributed by atoms with Crippen LogP contribution in [0.3, 0.4) is 0 Å². The van der Waals surface area contributed by atoms with Crippen molar-refractivity contribution >= 4 is 12.0 Å². The van der Waals surface area contributed by atoms with E-state index in [9.17, 15) is 14.9 Å². The lowest BCUT2D eigenvalue weighted by molar-refractivity contribution is -0.130. The molecular weight excluding hydrogens is 334 g/mol. The SMILES string of the molecule is C[C@@H]1CCCC[C@@H]1OCC(=O)N[C@@H]1CN(C(=O)OC(C)(C)C)C[C@H]1C#N. The van der Waals surface area contributed by atoms with Crippen LogP contribution in [-0.4, -0.2) is 54.3 Å². The van der Waals surface area contributed by atoms with Gasteiger partial charge in [0.25, 0.3) is 0 Å². The summed E-state index contributed by atoms with van der Waals surface area (Å²) in [7, 11) is 0. The third-order valence-corrected chi connectivity index (χ3v) is 4.95. The molecule has 2 rings (SSSR count). The van der Waals surface area contributed by atoms with Crippen molar-refractivity contribution in [2.75, 3.05) is 19.7 Å². The van der Waals surface area contributed by atoms with E-state index < -0.39 is 23.7 Å². The molecule has 7 heteroatoms. The summed E-state index contributed by atoms with van der Waals surface area (Å²) in [5, 5.41) is 12.2. The first-order valence-electron chi connectivity index (χ1n) is 9.48. The molecule has 146 valence electrons. The molecule has 1 saturated heterocycles. The maximum absolute atomic E-state index is 12.2. The van der Waals surface area contributed by atoms with Gasteiger partial charge in [-0.3, -0.25) is 4.79 Å². The number of nitrogens with zero attached hydrogens (tertiary/aromatic N) is 2. The molecule has 4 atom stereocenters. The van der Waals surface area contributed by atoms with Crippen LogP contribution in [0, 0.1) is 23.2 Å². The van der Waals surface area contributed by atoms with Crippen LogP contribution in [0.15, 0.2) is 0 Å². The van der Waals surface area contributed by atoms with Crippen molar-refractivity contribution in [3.05, 3.63) is 0 Å². The number of nitrogens with one attached hydrogen (secondary N) is 1. The van der Waals surface area contributed by atoms with Gasteiger partial charge >= 0.3 is 6.09 Å². The molecule has 1 N–H and O–H groups in total. The molecule has 0 aromatic carbocycles. The Morgan fingerprint density at radius 2 is 1.92 bits per heavy atom. The minimum Gasteiger partial charge on any atom is -0.444 e. The maximum Gasteiger partial charge on any atom is 0.410 e. The molecule has 0 aromatic rings. The standard InChI is InChI=1S/C19H31N3O4/c1-13-7-5-6-8-16(13)25-12-17(23)21-15-11-22(10-14(15)9-20)18(24)26-19(2,3)4/h13-16H,5-8,10-12H2,1-4H3,(H,21,23)/t13-,14-,15-,16+/m1/s1. The second-order valence-corrected chi connectivity index (χ2v) is 8.41. The molecular formula is C19H31N3O4. The Labute approximate surface area is 156 Å². The first-order valence-corrected chi connectivity index (χ1v) is 9.48. The normalized spacial score (nSPS) is 29.1. The lowest BCUT2D eigenvalue weighted by Gasteiger charge is -2.28. The molecule has 0 spiro atoms. The Hall–Kier alpha value is -1.81. The van der Waals surface area contributed by atoms with Gasteiger partial charge in [0.2, 0.25) is 5.91 Å². The van der Waals surface area contributed by atoms with Crippen molar-refractivity contribution in [2.45, 2.75) is 71.1 Å². The number of hydrogen-bond acceptors (Lipinski definition) is 5. The zero-order valence-corrected chi connectivity index (χ0v) is 16.3. The molecule has 0 bridgehead atoms. The second-order valence-electron chi connectivity index (χ2n) is 8.41. The topological polar surface area (TPSA) is 91.7 Å². The van der Waals surface area contributed by atoms with E-state index in [0.717, 1.165) is 19.3 Å². The van der Waals surface area contributed by atoms with Gasteiger partial charge in [0, 0.05) is 13.1 Å². The lowest BCUT2D eigenvalue weighted by atomic mass is 9.88. The van der Waals surface area contributed by atoms with Crippen LogP contribution in [0.1, 0.15) is 53.4 Å². The fourth-order valence-corrected chi connectivity index (χ4v) is 3.52. The molecule has 2 amide bonds. The zero-order valence-electron chi connectivity index (χ0n) is 16.3. The quantitative estimate of drug-likeness (QED) is 0.826. The Bertz CT molecular complexity index is 552. The number of ether oxygens (including phenoxy) is 2. The molecule has 1 aliphatic carbocycles. The Morgan fingerprint density at radius 3 is 2.54 bits per heavy atom. The monoisotopic (exact) mass is 365 g/mol. The highest BCUT2D eigenvalue weighted by molar-refractivity contribution is 5.78.